The van der Waals surface area contributed by atoms with Gasteiger partial charge in [0.15, 0.2) is 4.80 Å². The van der Waals surface area contributed by atoms with Crippen LogP contribution in [0.25, 0.3) is 10.2 Å². The fourth-order valence-electron chi connectivity index (χ4n) is 2.36. The van der Waals surface area contributed by atoms with Gasteiger partial charge in [-0.25, -0.2) is 0 Å². The lowest BCUT2D eigenvalue weighted by molar-refractivity contribution is -0.141. The average Bonchev–Trinajstić information content (AvgIpc) is 2.95. The van der Waals surface area contributed by atoms with E-state index in [1.807, 2.05) is 0 Å². The minimum Gasteiger partial charge on any atom is -0.468 e. The summed E-state index contributed by atoms with van der Waals surface area (Å²) in [5.74, 6) is -1.09. The summed E-state index contributed by atoms with van der Waals surface area (Å²) in [6.07, 6.45) is 0. The Bertz CT molecular complexity index is 1120. The van der Waals surface area contributed by atoms with Gasteiger partial charge in [-0.05, 0) is 30.3 Å². The van der Waals surface area contributed by atoms with E-state index in [4.69, 9.17) is 51.1 Å². The van der Waals surface area contributed by atoms with Gasteiger partial charge < -0.3 is 9.30 Å². The van der Waals surface area contributed by atoms with Gasteiger partial charge >= 0.3 is 5.97 Å². The van der Waals surface area contributed by atoms with E-state index in [0.29, 0.717) is 25.3 Å². The molecule has 140 valence electrons. The number of hydrogen-bond acceptors (Lipinski definition) is 4. The van der Waals surface area contributed by atoms with Crippen molar-refractivity contribution in [2.75, 3.05) is 7.11 Å². The van der Waals surface area contributed by atoms with E-state index in [-0.39, 0.29) is 21.9 Å². The maximum atomic E-state index is 12.6. The Morgan fingerprint density at radius 2 is 1.78 bits per heavy atom. The molecule has 2 aromatic carbocycles. The summed E-state index contributed by atoms with van der Waals surface area (Å²) in [6.45, 7) is -0.182. The van der Waals surface area contributed by atoms with Crippen molar-refractivity contribution in [3.8, 4) is 0 Å². The van der Waals surface area contributed by atoms with E-state index in [2.05, 4.69) is 4.99 Å². The lowest BCUT2D eigenvalue weighted by Gasteiger charge is -2.06. The predicted molar refractivity (Wildman–Crippen MR) is 108 cm³/mol. The summed E-state index contributed by atoms with van der Waals surface area (Å²) in [7, 11) is 1.27. The highest BCUT2D eigenvalue weighted by atomic mass is 35.5. The average molecular weight is 464 g/mol. The third-order valence-corrected chi connectivity index (χ3v) is 5.83. The van der Waals surface area contributed by atoms with Gasteiger partial charge in [0.25, 0.3) is 5.91 Å². The summed E-state index contributed by atoms with van der Waals surface area (Å²) in [5, 5.41) is 1.21. The lowest BCUT2D eigenvalue weighted by Crippen LogP contribution is -2.22. The zero-order valence-corrected chi connectivity index (χ0v) is 17.5. The standard InChI is InChI=1S/C17H10Cl4N2O3S/c1-26-13(24)7-23-15-12(3-2-11(20)14(15)21)27-17(23)22-16(25)8-4-9(18)6-10(19)5-8/h2-6H,7H2,1H3. The van der Waals surface area contributed by atoms with Crippen LogP contribution in [0.5, 0.6) is 0 Å². The third-order valence-electron chi connectivity index (χ3n) is 3.56. The van der Waals surface area contributed by atoms with E-state index >= 15 is 0 Å². The first-order valence-corrected chi connectivity index (χ1v) is 9.72. The monoisotopic (exact) mass is 462 g/mol. The van der Waals surface area contributed by atoms with E-state index in [9.17, 15) is 9.59 Å². The summed E-state index contributed by atoms with van der Waals surface area (Å²) < 4.78 is 6.93. The number of ether oxygens (including phenoxy) is 1. The van der Waals surface area contributed by atoms with Gasteiger partial charge in [-0.3, -0.25) is 9.59 Å². The van der Waals surface area contributed by atoms with Gasteiger partial charge in [-0.1, -0.05) is 57.7 Å². The molecule has 0 aliphatic rings. The molecule has 5 nitrogen and oxygen atoms in total. The van der Waals surface area contributed by atoms with Crippen molar-refractivity contribution < 1.29 is 14.3 Å². The van der Waals surface area contributed by atoms with Crippen molar-refractivity contribution in [3.63, 3.8) is 0 Å². The second-order valence-electron chi connectivity index (χ2n) is 5.33. The van der Waals surface area contributed by atoms with Crippen molar-refractivity contribution >= 4 is 79.8 Å². The Morgan fingerprint density at radius 3 is 2.41 bits per heavy atom. The SMILES string of the molecule is COC(=O)Cn1c(=NC(=O)c2cc(Cl)cc(Cl)c2)sc2ccc(Cl)c(Cl)c21. The Kier molecular flexibility index (Phi) is 6.13. The second kappa shape index (κ2) is 8.20. The van der Waals surface area contributed by atoms with Crippen LogP contribution in [0.2, 0.25) is 20.1 Å². The molecule has 0 aliphatic heterocycles. The third kappa shape index (κ3) is 4.31. The maximum absolute atomic E-state index is 12.6. The van der Waals surface area contributed by atoms with E-state index in [1.165, 1.54) is 41.2 Å². The molecule has 3 rings (SSSR count). The molecule has 0 bridgehead atoms. The molecule has 1 aromatic heterocycles. The minimum absolute atomic E-state index is 0.182. The van der Waals surface area contributed by atoms with Crippen LogP contribution in [-0.2, 0) is 16.1 Å². The smallest absolute Gasteiger partial charge is 0.325 e. The number of esters is 1. The molecule has 0 atom stereocenters. The molecular formula is C17H10Cl4N2O3S. The zero-order valence-electron chi connectivity index (χ0n) is 13.6. The number of benzene rings is 2. The van der Waals surface area contributed by atoms with Crippen LogP contribution in [0.15, 0.2) is 35.3 Å². The van der Waals surface area contributed by atoms with E-state index in [1.54, 1.807) is 12.1 Å². The number of fused-ring (bicyclic) bond motifs is 1. The number of thiazole rings is 1. The Hall–Kier alpha value is -1.57. The first-order chi connectivity index (χ1) is 12.8. The van der Waals surface area contributed by atoms with Gasteiger partial charge in [0, 0.05) is 15.6 Å². The molecule has 27 heavy (non-hydrogen) atoms. The summed E-state index contributed by atoms with van der Waals surface area (Å²) in [6, 6.07) is 7.80. The first-order valence-electron chi connectivity index (χ1n) is 7.39. The van der Waals surface area contributed by atoms with Crippen molar-refractivity contribution in [3.05, 3.63) is 60.8 Å². The first kappa shape index (κ1) is 20.2. The zero-order chi connectivity index (χ0) is 19.7. The molecule has 0 radical (unpaired) electrons. The van der Waals surface area contributed by atoms with E-state index in [0.717, 1.165) is 0 Å². The van der Waals surface area contributed by atoms with Crippen molar-refractivity contribution in [2.24, 2.45) is 4.99 Å². The maximum Gasteiger partial charge on any atom is 0.325 e. The number of nitrogens with zero attached hydrogens (tertiary/aromatic N) is 2. The van der Waals surface area contributed by atoms with Crippen molar-refractivity contribution in [1.29, 1.82) is 0 Å². The molecule has 1 amide bonds. The molecule has 3 aromatic rings. The van der Waals surface area contributed by atoms with Crippen molar-refractivity contribution in [1.82, 2.24) is 4.57 Å². The van der Waals surface area contributed by atoms with Gasteiger partial charge in [0.05, 0.1) is 27.4 Å². The van der Waals surface area contributed by atoms with Crippen LogP contribution in [-0.4, -0.2) is 23.6 Å². The van der Waals surface area contributed by atoms with Crippen LogP contribution in [0.1, 0.15) is 10.4 Å². The second-order valence-corrected chi connectivity index (χ2v) is 8.00. The highest BCUT2D eigenvalue weighted by molar-refractivity contribution is 7.16. The summed E-state index contributed by atoms with van der Waals surface area (Å²) in [4.78, 5) is 28.8. The van der Waals surface area contributed by atoms with Crippen LogP contribution < -0.4 is 4.80 Å². The number of carbonyl (C=O) groups is 2. The normalized spacial score (nSPS) is 11.8. The molecule has 0 N–H and O–H groups in total. The number of aromatic nitrogens is 1. The van der Waals surface area contributed by atoms with Crippen LogP contribution in [0.4, 0.5) is 0 Å². The molecule has 0 fully saturated rings. The Balaban J connectivity index is 2.21. The quantitative estimate of drug-likeness (QED) is 0.499. The topological polar surface area (TPSA) is 60.7 Å². The number of halogens is 4. The van der Waals surface area contributed by atoms with Gasteiger partial charge in [-0.2, -0.15) is 4.99 Å². The number of methoxy groups -OCH3 is 1. The molecule has 0 aliphatic carbocycles. The lowest BCUT2D eigenvalue weighted by atomic mass is 10.2. The van der Waals surface area contributed by atoms with Gasteiger partial charge in [0.1, 0.15) is 6.54 Å². The molecule has 1 heterocycles. The van der Waals surface area contributed by atoms with Crippen LogP contribution in [0.3, 0.4) is 0 Å². The van der Waals surface area contributed by atoms with E-state index < -0.39 is 11.9 Å². The molecule has 10 heteroatoms. The molecule has 0 saturated carbocycles. The molecule has 0 spiro atoms. The highest BCUT2D eigenvalue weighted by Crippen LogP contribution is 2.32. The fourth-order valence-corrected chi connectivity index (χ4v) is 4.40. The number of amides is 1. The fraction of sp³-hybridized carbons (Fsp3) is 0.118. The van der Waals surface area contributed by atoms with Crippen LogP contribution in [0, 0.1) is 0 Å². The number of rotatable bonds is 3. The molecule has 0 saturated heterocycles. The Morgan fingerprint density at radius 1 is 1.11 bits per heavy atom. The highest BCUT2D eigenvalue weighted by Gasteiger charge is 2.16. The van der Waals surface area contributed by atoms with Crippen molar-refractivity contribution in [2.45, 2.75) is 6.54 Å². The predicted octanol–water partition coefficient (Wildman–Crippen LogP) is 5.23. The largest absolute Gasteiger partial charge is 0.468 e. The minimum atomic E-state index is -0.563. The molecular weight excluding hydrogens is 454 g/mol. The van der Waals surface area contributed by atoms with Gasteiger partial charge in [0.2, 0.25) is 0 Å². The summed E-state index contributed by atoms with van der Waals surface area (Å²) >= 11 is 25.5. The van der Waals surface area contributed by atoms with Crippen LogP contribution >= 0.6 is 57.7 Å². The Labute approximate surface area is 177 Å². The molecule has 0 unspecified atom stereocenters. The number of carbonyl (C=O) groups excluding carboxylic acids is 2. The number of hydrogen-bond donors (Lipinski definition) is 0. The van der Waals surface area contributed by atoms with Gasteiger partial charge in [-0.15, -0.1) is 0 Å². The summed E-state index contributed by atoms with van der Waals surface area (Å²) in [5.41, 5.74) is 0.717.